The Morgan fingerprint density at radius 3 is 2.86 bits per heavy atom. The van der Waals surface area contributed by atoms with Gasteiger partial charge in [0.05, 0.1) is 16.4 Å². The Kier molecular flexibility index (Phi) is 4.29. The van der Waals surface area contributed by atoms with E-state index in [1.165, 1.54) is 10.5 Å². The third-order valence-electron chi connectivity index (χ3n) is 4.17. The predicted molar refractivity (Wildman–Crippen MR) is 89.3 cm³/mol. The zero-order valence-corrected chi connectivity index (χ0v) is 14.1. The molecule has 2 aromatic rings. The van der Waals surface area contributed by atoms with Crippen molar-refractivity contribution in [3.05, 3.63) is 46.2 Å². The van der Waals surface area contributed by atoms with E-state index < -0.39 is 0 Å². The molecule has 1 aliphatic heterocycles. The number of hydrogen-bond donors (Lipinski definition) is 1. The lowest BCUT2D eigenvalue weighted by Crippen LogP contribution is -2.38. The molecule has 3 rings (SSSR count). The monoisotopic (exact) mass is 321 g/mol. The van der Waals surface area contributed by atoms with Gasteiger partial charge in [0.1, 0.15) is 0 Å². The van der Waals surface area contributed by atoms with Crippen LogP contribution in [0.3, 0.4) is 0 Å². The van der Waals surface area contributed by atoms with Gasteiger partial charge >= 0.3 is 0 Å². The summed E-state index contributed by atoms with van der Waals surface area (Å²) in [4.78, 5) is 1.41. The van der Waals surface area contributed by atoms with Crippen molar-refractivity contribution in [2.45, 2.75) is 36.0 Å². The van der Waals surface area contributed by atoms with Gasteiger partial charge in [-0.3, -0.25) is 4.68 Å². The lowest BCUT2D eigenvalue weighted by atomic mass is 10.0. The lowest BCUT2D eigenvalue weighted by Gasteiger charge is -2.22. The summed E-state index contributed by atoms with van der Waals surface area (Å²) in [6, 6.07) is 9.07. The number of nitrogens with one attached hydrogen (secondary N) is 1. The van der Waals surface area contributed by atoms with E-state index in [2.05, 4.69) is 34.7 Å². The van der Waals surface area contributed by atoms with Crippen LogP contribution in [0.25, 0.3) is 0 Å². The Morgan fingerprint density at radius 1 is 1.48 bits per heavy atom. The van der Waals surface area contributed by atoms with Gasteiger partial charge in [0, 0.05) is 29.7 Å². The van der Waals surface area contributed by atoms with Gasteiger partial charge in [0.2, 0.25) is 0 Å². The number of fused-ring (bicyclic) bond motifs is 1. The highest BCUT2D eigenvalue weighted by Crippen LogP contribution is 2.39. The summed E-state index contributed by atoms with van der Waals surface area (Å²) in [6.07, 6.45) is 2.01. The second-order valence-electron chi connectivity index (χ2n) is 5.54. The summed E-state index contributed by atoms with van der Waals surface area (Å²) in [6.45, 7) is 1.96. The van der Waals surface area contributed by atoms with E-state index in [9.17, 15) is 0 Å². The van der Waals surface area contributed by atoms with E-state index in [1.54, 1.807) is 0 Å². The molecule has 2 heterocycles. The van der Waals surface area contributed by atoms with Crippen LogP contribution in [0.4, 0.5) is 0 Å². The number of aromatic nitrogens is 2. The van der Waals surface area contributed by atoms with Crippen LogP contribution in [0, 0.1) is 6.92 Å². The first kappa shape index (κ1) is 14.9. The molecular formula is C16H20ClN3S. The predicted octanol–water partition coefficient (Wildman–Crippen LogP) is 3.23. The molecule has 1 N–H and O–H groups in total. The maximum atomic E-state index is 6.39. The van der Waals surface area contributed by atoms with E-state index in [0.29, 0.717) is 11.3 Å². The zero-order valence-electron chi connectivity index (χ0n) is 12.6. The van der Waals surface area contributed by atoms with Gasteiger partial charge in [-0.05, 0) is 32.0 Å². The fourth-order valence-electron chi connectivity index (χ4n) is 2.96. The van der Waals surface area contributed by atoms with Crippen molar-refractivity contribution < 1.29 is 0 Å². The normalized spacial score (nSPS) is 18.8. The van der Waals surface area contributed by atoms with Gasteiger partial charge in [0.25, 0.3) is 0 Å². The van der Waals surface area contributed by atoms with Crippen LogP contribution in [0.1, 0.15) is 17.0 Å². The standard InChI is InChI=1S/C16H20ClN3S/c1-10-16(17)13(20(3)19-10)9-12(18-2)15-8-11-6-4-5-7-14(11)21-15/h4-7,12,15,18H,8-9H2,1-3H3. The summed E-state index contributed by atoms with van der Waals surface area (Å²) in [5.74, 6) is 0. The molecular weight excluding hydrogens is 302 g/mol. The second-order valence-corrected chi connectivity index (χ2v) is 7.20. The van der Waals surface area contributed by atoms with E-state index in [4.69, 9.17) is 11.6 Å². The summed E-state index contributed by atoms with van der Waals surface area (Å²) < 4.78 is 1.91. The summed E-state index contributed by atoms with van der Waals surface area (Å²) >= 11 is 8.36. The minimum atomic E-state index is 0.384. The molecule has 0 amide bonds. The Balaban J connectivity index is 1.78. The number of benzene rings is 1. The third kappa shape index (κ3) is 2.85. The molecule has 1 aromatic heterocycles. The highest BCUT2D eigenvalue weighted by atomic mass is 35.5. The number of nitrogens with zero attached hydrogens (tertiary/aromatic N) is 2. The molecule has 2 unspecified atom stereocenters. The van der Waals surface area contributed by atoms with E-state index >= 15 is 0 Å². The quantitative estimate of drug-likeness (QED) is 0.937. The lowest BCUT2D eigenvalue weighted by molar-refractivity contribution is 0.518. The van der Waals surface area contributed by atoms with Gasteiger partial charge in [-0.15, -0.1) is 11.8 Å². The van der Waals surface area contributed by atoms with Crippen LogP contribution in [-0.4, -0.2) is 28.1 Å². The highest BCUT2D eigenvalue weighted by Gasteiger charge is 2.30. The molecule has 0 fully saturated rings. The van der Waals surface area contributed by atoms with Crippen molar-refractivity contribution >= 4 is 23.4 Å². The summed E-state index contributed by atoms with van der Waals surface area (Å²) in [5.41, 5.74) is 3.48. The SMILES string of the molecule is CNC(Cc1c(Cl)c(C)nn1C)C1Cc2ccccc2S1. The van der Waals surface area contributed by atoms with Crippen LogP contribution >= 0.6 is 23.4 Å². The minimum absolute atomic E-state index is 0.384. The first-order valence-electron chi connectivity index (χ1n) is 7.20. The molecule has 112 valence electrons. The topological polar surface area (TPSA) is 29.9 Å². The summed E-state index contributed by atoms with van der Waals surface area (Å²) in [7, 11) is 4.00. The smallest absolute Gasteiger partial charge is 0.0847 e. The maximum Gasteiger partial charge on any atom is 0.0847 e. The molecule has 3 nitrogen and oxygen atoms in total. The first-order valence-corrected chi connectivity index (χ1v) is 8.45. The van der Waals surface area contributed by atoms with Crippen molar-refractivity contribution in [2.75, 3.05) is 7.05 Å². The van der Waals surface area contributed by atoms with Crippen molar-refractivity contribution in [1.29, 1.82) is 0 Å². The van der Waals surface area contributed by atoms with Gasteiger partial charge in [0.15, 0.2) is 0 Å². The molecule has 0 radical (unpaired) electrons. The Bertz CT molecular complexity index is 628. The van der Waals surface area contributed by atoms with Gasteiger partial charge in [-0.1, -0.05) is 29.8 Å². The average Bonchev–Trinajstić information content (AvgIpc) is 3.00. The van der Waals surface area contributed by atoms with E-state index in [0.717, 1.165) is 29.3 Å². The average molecular weight is 322 g/mol. The molecule has 0 aliphatic carbocycles. The molecule has 0 saturated carbocycles. The maximum absolute atomic E-state index is 6.39. The van der Waals surface area contributed by atoms with Crippen LogP contribution in [-0.2, 0) is 19.9 Å². The Labute approximate surface area is 135 Å². The molecule has 1 aliphatic rings. The van der Waals surface area contributed by atoms with Crippen molar-refractivity contribution in [2.24, 2.45) is 7.05 Å². The molecule has 0 saturated heterocycles. The Hall–Kier alpha value is -0.970. The fourth-order valence-corrected chi connectivity index (χ4v) is 4.65. The van der Waals surface area contributed by atoms with Gasteiger partial charge in [-0.25, -0.2) is 0 Å². The van der Waals surface area contributed by atoms with E-state index in [-0.39, 0.29) is 0 Å². The molecule has 21 heavy (non-hydrogen) atoms. The largest absolute Gasteiger partial charge is 0.315 e. The molecule has 5 heteroatoms. The van der Waals surface area contributed by atoms with Gasteiger partial charge in [-0.2, -0.15) is 5.10 Å². The molecule has 1 aromatic carbocycles. The number of rotatable bonds is 4. The fraction of sp³-hybridized carbons (Fsp3) is 0.438. The van der Waals surface area contributed by atoms with Crippen LogP contribution in [0.5, 0.6) is 0 Å². The molecule has 0 bridgehead atoms. The summed E-state index contributed by atoms with van der Waals surface area (Å²) in [5, 5.41) is 9.23. The van der Waals surface area contributed by atoms with Crippen molar-refractivity contribution in [3.63, 3.8) is 0 Å². The Morgan fingerprint density at radius 2 is 2.24 bits per heavy atom. The first-order chi connectivity index (χ1) is 10.1. The number of thioether (sulfide) groups is 1. The van der Waals surface area contributed by atoms with Crippen LogP contribution in [0.2, 0.25) is 5.02 Å². The minimum Gasteiger partial charge on any atom is -0.315 e. The molecule has 0 spiro atoms. The number of hydrogen-bond acceptors (Lipinski definition) is 3. The number of aryl methyl sites for hydroxylation is 2. The number of halogens is 1. The second kappa shape index (κ2) is 6.03. The van der Waals surface area contributed by atoms with Crippen molar-refractivity contribution in [3.8, 4) is 0 Å². The zero-order chi connectivity index (χ0) is 15.0. The third-order valence-corrected chi connectivity index (χ3v) is 6.11. The van der Waals surface area contributed by atoms with Crippen molar-refractivity contribution in [1.82, 2.24) is 15.1 Å². The number of likely N-dealkylation sites (N-methyl/N-ethyl adjacent to an activating group) is 1. The van der Waals surface area contributed by atoms with Crippen LogP contribution in [0.15, 0.2) is 29.2 Å². The molecule has 2 atom stereocenters. The highest BCUT2D eigenvalue weighted by molar-refractivity contribution is 8.00. The van der Waals surface area contributed by atoms with Gasteiger partial charge < -0.3 is 5.32 Å². The van der Waals surface area contributed by atoms with E-state index in [1.807, 2.05) is 37.5 Å². The van der Waals surface area contributed by atoms with Crippen LogP contribution < -0.4 is 5.32 Å².